The first kappa shape index (κ1) is 15.2. The summed E-state index contributed by atoms with van der Waals surface area (Å²) in [7, 11) is 0. The van der Waals surface area contributed by atoms with E-state index in [1.54, 1.807) is 12.1 Å². The number of rotatable bonds is 6. The van der Waals surface area contributed by atoms with Crippen LogP contribution in [0.3, 0.4) is 0 Å². The molecule has 1 atom stereocenters. The van der Waals surface area contributed by atoms with Crippen molar-refractivity contribution in [1.82, 2.24) is 5.32 Å². The van der Waals surface area contributed by atoms with Crippen molar-refractivity contribution in [1.29, 1.82) is 0 Å². The number of amides is 1. The van der Waals surface area contributed by atoms with Gasteiger partial charge in [-0.3, -0.25) is 4.79 Å². The van der Waals surface area contributed by atoms with E-state index in [2.05, 4.69) is 5.32 Å². The molecular formula is C17H18FNO2. The van der Waals surface area contributed by atoms with Crippen molar-refractivity contribution in [3.05, 3.63) is 71.5 Å². The minimum absolute atomic E-state index is 0.137. The summed E-state index contributed by atoms with van der Waals surface area (Å²) in [5.41, 5.74) is 1.78. The summed E-state index contributed by atoms with van der Waals surface area (Å²) in [6, 6.07) is 15.0. The lowest BCUT2D eigenvalue weighted by Gasteiger charge is -2.16. The molecule has 0 bridgehead atoms. The van der Waals surface area contributed by atoms with Crippen LogP contribution in [0.4, 0.5) is 4.39 Å². The Labute approximate surface area is 123 Å². The molecule has 0 radical (unpaired) electrons. The van der Waals surface area contributed by atoms with Crippen LogP contribution < -0.4 is 5.32 Å². The van der Waals surface area contributed by atoms with Crippen molar-refractivity contribution in [3.63, 3.8) is 0 Å². The second-order valence-corrected chi connectivity index (χ2v) is 4.84. The number of hydrogen-bond acceptors (Lipinski definition) is 2. The van der Waals surface area contributed by atoms with Gasteiger partial charge in [0.15, 0.2) is 0 Å². The van der Waals surface area contributed by atoms with Gasteiger partial charge < -0.3 is 10.4 Å². The van der Waals surface area contributed by atoms with E-state index in [-0.39, 0.29) is 18.3 Å². The number of carbonyl (C=O) groups excluding carboxylic acids is 1. The summed E-state index contributed by atoms with van der Waals surface area (Å²) >= 11 is 0. The van der Waals surface area contributed by atoms with Gasteiger partial charge in [0.2, 0.25) is 5.91 Å². The molecule has 1 amide bonds. The molecule has 0 spiro atoms. The van der Waals surface area contributed by atoms with Gasteiger partial charge in [-0.05, 0) is 29.7 Å². The van der Waals surface area contributed by atoms with E-state index in [1.807, 2.05) is 30.3 Å². The van der Waals surface area contributed by atoms with Crippen molar-refractivity contribution in [3.8, 4) is 0 Å². The second-order valence-electron chi connectivity index (χ2n) is 4.84. The number of halogens is 1. The van der Waals surface area contributed by atoms with Crippen LogP contribution in [-0.2, 0) is 11.2 Å². The van der Waals surface area contributed by atoms with Gasteiger partial charge in [0.25, 0.3) is 0 Å². The van der Waals surface area contributed by atoms with E-state index in [1.165, 1.54) is 12.1 Å². The predicted octanol–water partition coefficient (Wildman–Crippen LogP) is 2.61. The van der Waals surface area contributed by atoms with Crippen LogP contribution in [-0.4, -0.2) is 17.6 Å². The van der Waals surface area contributed by atoms with Crippen LogP contribution in [0.2, 0.25) is 0 Å². The molecule has 4 heteroatoms. The van der Waals surface area contributed by atoms with Gasteiger partial charge in [0.05, 0.1) is 12.6 Å². The third-order valence-corrected chi connectivity index (χ3v) is 3.27. The van der Waals surface area contributed by atoms with Gasteiger partial charge in [-0.15, -0.1) is 0 Å². The highest BCUT2D eigenvalue weighted by Crippen LogP contribution is 2.12. The van der Waals surface area contributed by atoms with Crippen LogP contribution in [0.25, 0.3) is 0 Å². The quantitative estimate of drug-likeness (QED) is 0.858. The molecule has 3 nitrogen and oxygen atoms in total. The molecule has 0 saturated carbocycles. The van der Waals surface area contributed by atoms with E-state index in [9.17, 15) is 14.3 Å². The topological polar surface area (TPSA) is 49.3 Å². The fourth-order valence-corrected chi connectivity index (χ4v) is 2.10. The largest absolute Gasteiger partial charge is 0.394 e. The number of aliphatic hydroxyl groups is 1. The summed E-state index contributed by atoms with van der Waals surface area (Å²) < 4.78 is 12.8. The zero-order chi connectivity index (χ0) is 15.1. The molecule has 0 fully saturated rings. The lowest BCUT2D eigenvalue weighted by atomic mass is 10.1. The molecule has 2 N–H and O–H groups in total. The van der Waals surface area contributed by atoms with Crippen LogP contribution >= 0.6 is 0 Å². The molecule has 0 aromatic heterocycles. The van der Waals surface area contributed by atoms with E-state index in [4.69, 9.17) is 0 Å². The Kier molecular flexibility index (Phi) is 5.46. The molecule has 2 rings (SSSR count). The standard InChI is InChI=1S/C17H18FNO2/c18-15-9-6-13(7-10-15)8-11-17(21)19-16(12-20)14-4-2-1-3-5-14/h1-7,9-10,16,20H,8,11-12H2,(H,19,21)/t16-/m1/s1. The number of aryl methyl sites for hydroxylation is 1. The zero-order valence-corrected chi connectivity index (χ0v) is 11.6. The van der Waals surface area contributed by atoms with Crippen molar-refractivity contribution < 1.29 is 14.3 Å². The minimum atomic E-state index is -0.396. The molecule has 110 valence electrons. The number of nitrogens with one attached hydrogen (secondary N) is 1. The number of aliphatic hydroxyl groups excluding tert-OH is 1. The smallest absolute Gasteiger partial charge is 0.220 e. The molecule has 2 aromatic carbocycles. The minimum Gasteiger partial charge on any atom is -0.394 e. The molecule has 21 heavy (non-hydrogen) atoms. The number of hydrogen-bond donors (Lipinski definition) is 2. The summed E-state index contributed by atoms with van der Waals surface area (Å²) in [5.74, 6) is -0.421. The molecule has 2 aromatic rings. The van der Waals surface area contributed by atoms with E-state index in [0.29, 0.717) is 12.8 Å². The van der Waals surface area contributed by atoms with E-state index >= 15 is 0 Å². The van der Waals surface area contributed by atoms with Crippen molar-refractivity contribution in [2.45, 2.75) is 18.9 Å². The summed E-state index contributed by atoms with van der Waals surface area (Å²) in [5, 5.41) is 12.2. The highest BCUT2D eigenvalue weighted by molar-refractivity contribution is 5.76. The SMILES string of the molecule is O=C(CCc1ccc(F)cc1)N[C@H](CO)c1ccccc1. The summed E-state index contributed by atoms with van der Waals surface area (Å²) in [4.78, 5) is 11.9. The van der Waals surface area contributed by atoms with Gasteiger partial charge >= 0.3 is 0 Å². The highest BCUT2D eigenvalue weighted by atomic mass is 19.1. The van der Waals surface area contributed by atoms with E-state index in [0.717, 1.165) is 11.1 Å². The predicted molar refractivity (Wildman–Crippen MR) is 79.1 cm³/mol. The molecule has 0 heterocycles. The van der Waals surface area contributed by atoms with Gasteiger partial charge in [-0.1, -0.05) is 42.5 Å². The Morgan fingerprint density at radius 3 is 2.38 bits per heavy atom. The summed E-state index contributed by atoms with van der Waals surface area (Å²) in [6.07, 6.45) is 0.841. The van der Waals surface area contributed by atoms with Gasteiger partial charge in [-0.25, -0.2) is 4.39 Å². The van der Waals surface area contributed by atoms with Crippen molar-refractivity contribution in [2.75, 3.05) is 6.61 Å². The Morgan fingerprint density at radius 2 is 1.76 bits per heavy atom. The Balaban J connectivity index is 1.87. The fraction of sp³-hybridized carbons (Fsp3) is 0.235. The van der Waals surface area contributed by atoms with Crippen LogP contribution in [0.15, 0.2) is 54.6 Å². The lowest BCUT2D eigenvalue weighted by Crippen LogP contribution is -2.30. The molecule has 0 unspecified atom stereocenters. The molecule has 0 aliphatic carbocycles. The van der Waals surface area contributed by atoms with Gasteiger partial charge in [0, 0.05) is 6.42 Å². The average molecular weight is 287 g/mol. The monoisotopic (exact) mass is 287 g/mol. The zero-order valence-electron chi connectivity index (χ0n) is 11.6. The van der Waals surface area contributed by atoms with Crippen LogP contribution in [0.1, 0.15) is 23.6 Å². The molecular weight excluding hydrogens is 269 g/mol. The molecule has 0 aliphatic rings. The van der Waals surface area contributed by atoms with Gasteiger partial charge in [-0.2, -0.15) is 0 Å². The maximum Gasteiger partial charge on any atom is 0.220 e. The van der Waals surface area contributed by atoms with Crippen LogP contribution in [0, 0.1) is 5.82 Å². The molecule has 0 aliphatic heterocycles. The Morgan fingerprint density at radius 1 is 1.10 bits per heavy atom. The number of benzene rings is 2. The third kappa shape index (κ3) is 4.68. The second kappa shape index (κ2) is 7.55. The number of carbonyl (C=O) groups is 1. The third-order valence-electron chi connectivity index (χ3n) is 3.27. The maximum atomic E-state index is 12.8. The Hall–Kier alpha value is -2.20. The van der Waals surface area contributed by atoms with Gasteiger partial charge in [0.1, 0.15) is 5.82 Å². The fourth-order valence-electron chi connectivity index (χ4n) is 2.10. The first-order chi connectivity index (χ1) is 10.2. The van der Waals surface area contributed by atoms with Crippen molar-refractivity contribution in [2.24, 2.45) is 0 Å². The average Bonchev–Trinajstić information content (AvgIpc) is 2.53. The normalized spacial score (nSPS) is 11.9. The lowest BCUT2D eigenvalue weighted by molar-refractivity contribution is -0.122. The summed E-state index contributed by atoms with van der Waals surface area (Å²) in [6.45, 7) is -0.147. The van der Waals surface area contributed by atoms with E-state index < -0.39 is 6.04 Å². The highest BCUT2D eigenvalue weighted by Gasteiger charge is 2.13. The maximum absolute atomic E-state index is 12.8. The van der Waals surface area contributed by atoms with Crippen LogP contribution in [0.5, 0.6) is 0 Å². The van der Waals surface area contributed by atoms with Crippen molar-refractivity contribution >= 4 is 5.91 Å². The first-order valence-electron chi connectivity index (χ1n) is 6.88. The Bertz CT molecular complexity index is 569. The molecule has 0 saturated heterocycles. The first-order valence-corrected chi connectivity index (χ1v) is 6.88.